The first-order valence-corrected chi connectivity index (χ1v) is 10.7. The molecule has 148 valence electrons. The highest BCUT2D eigenvalue weighted by atomic mass is 16.5. The number of rotatable bonds is 6. The van der Waals surface area contributed by atoms with Crippen molar-refractivity contribution < 1.29 is 4.74 Å². The van der Waals surface area contributed by atoms with E-state index in [1.807, 2.05) is 0 Å². The molecule has 0 radical (unpaired) electrons. The van der Waals surface area contributed by atoms with E-state index >= 15 is 0 Å². The van der Waals surface area contributed by atoms with Gasteiger partial charge in [0.2, 0.25) is 0 Å². The van der Waals surface area contributed by atoms with E-state index in [2.05, 4.69) is 72.3 Å². The highest BCUT2D eigenvalue weighted by molar-refractivity contribution is 5.84. The largest absolute Gasteiger partial charge is 0.374 e. The van der Waals surface area contributed by atoms with E-state index in [1.54, 1.807) is 0 Å². The monoisotopic (exact) mass is 376 g/mol. The maximum absolute atomic E-state index is 6.02. The average molecular weight is 377 g/mol. The zero-order chi connectivity index (χ0) is 19.3. The third kappa shape index (κ3) is 5.09. The molecular weight excluding hydrogens is 344 g/mol. The second kappa shape index (κ2) is 9.02. The molecule has 3 nitrogen and oxygen atoms in total. The molecule has 1 heterocycles. The lowest BCUT2D eigenvalue weighted by molar-refractivity contribution is 0.0457. The smallest absolute Gasteiger partial charge is 0.0720 e. The van der Waals surface area contributed by atoms with Crippen LogP contribution >= 0.6 is 0 Å². The van der Waals surface area contributed by atoms with Crippen LogP contribution in [0.5, 0.6) is 0 Å². The number of hydrogen-bond donors (Lipinski definition) is 0. The van der Waals surface area contributed by atoms with Crippen LogP contribution in [-0.4, -0.2) is 35.8 Å². The van der Waals surface area contributed by atoms with Crippen LogP contribution in [0.25, 0.3) is 11.1 Å². The lowest BCUT2D eigenvalue weighted by atomic mass is 10.0. The van der Waals surface area contributed by atoms with E-state index in [0.717, 1.165) is 26.2 Å². The molecule has 1 saturated carbocycles. The third-order valence-electron chi connectivity index (χ3n) is 5.85. The number of benzene rings is 2. The average Bonchev–Trinajstić information content (AvgIpc) is 3.20. The number of hydrogen-bond acceptors (Lipinski definition) is 3. The van der Waals surface area contributed by atoms with Gasteiger partial charge in [0.25, 0.3) is 0 Å². The van der Waals surface area contributed by atoms with Gasteiger partial charge in [-0.1, -0.05) is 61.4 Å². The van der Waals surface area contributed by atoms with Gasteiger partial charge in [-0.05, 0) is 48.9 Å². The minimum atomic E-state index is 0.407. The van der Waals surface area contributed by atoms with Crippen molar-refractivity contribution in [3.8, 4) is 11.1 Å². The standard InChI is InChI=1S/C25H32N2O/c1-19-15-27(16-20(2)26-19)17-21-7-11-23(12-8-21)24-13-9-22(10-14-24)18-28-25-5-3-4-6-25/h7-14,19,25H,3-6,15-18H2,1-2H3. The summed E-state index contributed by atoms with van der Waals surface area (Å²) in [5.41, 5.74) is 6.42. The van der Waals surface area contributed by atoms with Crippen molar-refractivity contribution in [2.45, 2.75) is 64.8 Å². The molecule has 28 heavy (non-hydrogen) atoms. The zero-order valence-corrected chi connectivity index (χ0v) is 17.2. The topological polar surface area (TPSA) is 24.8 Å². The lowest BCUT2D eigenvalue weighted by Gasteiger charge is -2.29. The summed E-state index contributed by atoms with van der Waals surface area (Å²) in [5, 5.41) is 0. The fourth-order valence-electron chi connectivity index (χ4n) is 4.46. The highest BCUT2D eigenvalue weighted by Crippen LogP contribution is 2.24. The van der Waals surface area contributed by atoms with Gasteiger partial charge in [-0.3, -0.25) is 9.89 Å². The minimum absolute atomic E-state index is 0.407. The first-order chi connectivity index (χ1) is 13.7. The zero-order valence-electron chi connectivity index (χ0n) is 17.2. The van der Waals surface area contributed by atoms with E-state index in [-0.39, 0.29) is 0 Å². The van der Waals surface area contributed by atoms with Gasteiger partial charge in [0.15, 0.2) is 0 Å². The van der Waals surface area contributed by atoms with Gasteiger partial charge in [0.1, 0.15) is 0 Å². The van der Waals surface area contributed by atoms with Crippen LogP contribution in [0.2, 0.25) is 0 Å². The maximum Gasteiger partial charge on any atom is 0.0720 e. The molecule has 1 aliphatic heterocycles. The Bertz CT molecular complexity index is 788. The van der Waals surface area contributed by atoms with Crippen LogP contribution in [0, 0.1) is 0 Å². The molecule has 1 aliphatic carbocycles. The van der Waals surface area contributed by atoms with Crippen molar-refractivity contribution in [3.05, 3.63) is 59.7 Å². The summed E-state index contributed by atoms with van der Waals surface area (Å²) in [4.78, 5) is 7.12. The van der Waals surface area contributed by atoms with Crippen molar-refractivity contribution in [3.63, 3.8) is 0 Å². The Morgan fingerprint density at radius 1 is 0.929 bits per heavy atom. The van der Waals surface area contributed by atoms with Gasteiger partial charge in [0, 0.05) is 25.3 Å². The molecule has 0 N–H and O–H groups in total. The molecular formula is C25H32N2O. The first kappa shape index (κ1) is 19.4. The predicted molar refractivity (Wildman–Crippen MR) is 117 cm³/mol. The fraction of sp³-hybridized carbons (Fsp3) is 0.480. The molecule has 2 aromatic carbocycles. The van der Waals surface area contributed by atoms with Gasteiger partial charge < -0.3 is 4.74 Å². The van der Waals surface area contributed by atoms with Crippen LogP contribution in [0.4, 0.5) is 0 Å². The van der Waals surface area contributed by atoms with E-state index in [4.69, 9.17) is 4.74 Å². The van der Waals surface area contributed by atoms with Crippen LogP contribution in [0.3, 0.4) is 0 Å². The molecule has 2 aromatic rings. The predicted octanol–water partition coefficient (Wildman–Crippen LogP) is 5.48. The highest BCUT2D eigenvalue weighted by Gasteiger charge is 2.17. The van der Waals surface area contributed by atoms with E-state index in [9.17, 15) is 0 Å². The molecule has 0 aromatic heterocycles. The fourth-order valence-corrected chi connectivity index (χ4v) is 4.46. The van der Waals surface area contributed by atoms with Gasteiger partial charge >= 0.3 is 0 Å². The SMILES string of the molecule is CC1=NC(C)CN(Cc2ccc(-c3ccc(COC4CCCC4)cc3)cc2)C1. The molecule has 0 saturated heterocycles. The molecule has 1 unspecified atom stereocenters. The Morgan fingerprint density at radius 2 is 1.54 bits per heavy atom. The van der Waals surface area contributed by atoms with Crippen LogP contribution in [-0.2, 0) is 17.9 Å². The Labute approximate surface area is 169 Å². The minimum Gasteiger partial charge on any atom is -0.374 e. The van der Waals surface area contributed by atoms with Gasteiger partial charge in [-0.15, -0.1) is 0 Å². The van der Waals surface area contributed by atoms with Crippen molar-refractivity contribution in [1.29, 1.82) is 0 Å². The molecule has 4 rings (SSSR count). The third-order valence-corrected chi connectivity index (χ3v) is 5.85. The van der Waals surface area contributed by atoms with Gasteiger partial charge in [-0.2, -0.15) is 0 Å². The second-order valence-corrected chi connectivity index (χ2v) is 8.49. The molecule has 2 aliphatic rings. The Hall–Kier alpha value is -1.97. The molecule has 0 bridgehead atoms. The molecule has 3 heteroatoms. The normalized spacial score (nSPS) is 21.1. The quantitative estimate of drug-likeness (QED) is 0.667. The van der Waals surface area contributed by atoms with Crippen LogP contribution in [0.1, 0.15) is 50.7 Å². The van der Waals surface area contributed by atoms with E-state index in [0.29, 0.717) is 12.1 Å². The van der Waals surface area contributed by atoms with Crippen LogP contribution in [0.15, 0.2) is 53.5 Å². The summed E-state index contributed by atoms with van der Waals surface area (Å²) in [5.74, 6) is 0. The lowest BCUT2D eigenvalue weighted by Crippen LogP contribution is -2.38. The Balaban J connectivity index is 1.33. The van der Waals surface area contributed by atoms with Crippen molar-refractivity contribution >= 4 is 5.71 Å². The summed E-state index contributed by atoms with van der Waals surface area (Å²) in [6.07, 6.45) is 5.58. The number of ether oxygens (including phenoxy) is 1. The van der Waals surface area contributed by atoms with Crippen molar-refractivity contribution in [2.24, 2.45) is 4.99 Å². The molecule has 0 spiro atoms. The van der Waals surface area contributed by atoms with Crippen molar-refractivity contribution in [2.75, 3.05) is 13.1 Å². The summed E-state index contributed by atoms with van der Waals surface area (Å²) in [6, 6.07) is 18.3. The van der Waals surface area contributed by atoms with Gasteiger partial charge in [0.05, 0.1) is 18.8 Å². The number of nitrogens with zero attached hydrogens (tertiary/aromatic N) is 2. The Morgan fingerprint density at radius 3 is 2.14 bits per heavy atom. The van der Waals surface area contributed by atoms with E-state index in [1.165, 1.54) is 53.6 Å². The summed E-state index contributed by atoms with van der Waals surface area (Å²) in [7, 11) is 0. The van der Waals surface area contributed by atoms with E-state index < -0.39 is 0 Å². The Kier molecular flexibility index (Phi) is 6.23. The maximum atomic E-state index is 6.02. The summed E-state index contributed by atoms with van der Waals surface area (Å²) >= 11 is 0. The van der Waals surface area contributed by atoms with Gasteiger partial charge in [-0.25, -0.2) is 0 Å². The first-order valence-electron chi connectivity index (χ1n) is 10.7. The summed E-state index contributed by atoms with van der Waals surface area (Å²) < 4.78 is 6.02. The van der Waals surface area contributed by atoms with Crippen LogP contribution < -0.4 is 0 Å². The molecule has 1 fully saturated rings. The second-order valence-electron chi connectivity index (χ2n) is 8.49. The summed E-state index contributed by atoms with van der Waals surface area (Å²) in [6.45, 7) is 8.09. The number of aliphatic imine (C=N–C) groups is 1. The van der Waals surface area contributed by atoms with Crippen molar-refractivity contribution in [1.82, 2.24) is 4.90 Å². The molecule has 0 amide bonds. The molecule has 1 atom stereocenters.